The number of ether oxygens (including phenoxy) is 5. The Morgan fingerprint density at radius 3 is 2.28 bits per heavy atom. The molecule has 1 amide bonds. The van der Waals surface area contributed by atoms with Gasteiger partial charge in [0.15, 0.2) is 17.2 Å². The first-order chi connectivity index (χ1) is 13.7. The zero-order chi connectivity index (χ0) is 21.3. The molecule has 0 fully saturated rings. The van der Waals surface area contributed by atoms with Crippen LogP contribution in [0.4, 0.5) is 11.4 Å². The molecule has 1 aliphatic heterocycles. The Kier molecular flexibility index (Phi) is 5.10. The number of nitro benzene ring substituents is 1. The molecule has 1 N–H and O–H groups in total. The molecule has 0 bridgehead atoms. The maximum atomic E-state index is 12.9. The van der Waals surface area contributed by atoms with Crippen molar-refractivity contribution < 1.29 is 33.4 Å². The number of rotatable bonds is 6. The fourth-order valence-corrected chi connectivity index (χ4v) is 2.99. The summed E-state index contributed by atoms with van der Waals surface area (Å²) in [5.74, 6) is -0.640. The summed E-state index contributed by atoms with van der Waals surface area (Å²) in [5, 5.41) is 14.3. The van der Waals surface area contributed by atoms with Crippen LogP contribution in [0.3, 0.4) is 0 Å². The summed E-state index contributed by atoms with van der Waals surface area (Å²) in [5.41, 5.74) is -0.412. The van der Waals surface area contributed by atoms with Crippen molar-refractivity contribution in [3.63, 3.8) is 0 Å². The number of carbonyl (C=O) groups excluding carboxylic acids is 1. The van der Waals surface area contributed by atoms with Crippen LogP contribution in [0.15, 0.2) is 24.3 Å². The summed E-state index contributed by atoms with van der Waals surface area (Å²) in [6.07, 6.45) is 0. The van der Waals surface area contributed by atoms with Crippen LogP contribution in [0.1, 0.15) is 24.2 Å². The lowest BCUT2D eigenvalue weighted by molar-refractivity contribution is -0.386. The first kappa shape index (κ1) is 20.1. The minimum absolute atomic E-state index is 0.0172. The molecule has 0 aliphatic carbocycles. The first-order valence-electron chi connectivity index (χ1n) is 8.51. The van der Waals surface area contributed by atoms with Crippen molar-refractivity contribution in [3.05, 3.63) is 39.9 Å². The van der Waals surface area contributed by atoms with Gasteiger partial charge < -0.3 is 29.0 Å². The number of anilines is 1. The van der Waals surface area contributed by atoms with E-state index in [0.29, 0.717) is 17.2 Å². The van der Waals surface area contributed by atoms with Gasteiger partial charge in [0.1, 0.15) is 5.56 Å². The van der Waals surface area contributed by atoms with Crippen LogP contribution in [-0.2, 0) is 0 Å². The van der Waals surface area contributed by atoms with Gasteiger partial charge in [0.2, 0.25) is 17.3 Å². The monoisotopic (exact) mass is 404 g/mol. The Balaban J connectivity index is 2.01. The van der Waals surface area contributed by atoms with Crippen LogP contribution in [0, 0.1) is 10.1 Å². The van der Waals surface area contributed by atoms with Gasteiger partial charge in [0, 0.05) is 31.7 Å². The molecule has 2 aromatic carbocycles. The second-order valence-corrected chi connectivity index (χ2v) is 6.52. The Labute approximate surface area is 166 Å². The SMILES string of the molecule is COc1cc(C(=O)Nc2ccc3c(c2)OC(C)(C)O3)c([N+](=O)[O-])c(OC)c1OC. The number of nitrogens with one attached hydrogen (secondary N) is 1. The number of nitro groups is 1. The van der Waals surface area contributed by atoms with Gasteiger partial charge in [-0.3, -0.25) is 14.9 Å². The number of fused-ring (bicyclic) bond motifs is 1. The number of hydrogen-bond donors (Lipinski definition) is 1. The topological polar surface area (TPSA) is 118 Å². The highest BCUT2D eigenvalue weighted by molar-refractivity contribution is 6.08. The molecule has 0 unspecified atom stereocenters. The molecule has 0 atom stereocenters. The van der Waals surface area contributed by atoms with Crippen molar-refractivity contribution in [3.8, 4) is 28.7 Å². The Bertz CT molecular complexity index is 987. The zero-order valence-corrected chi connectivity index (χ0v) is 16.5. The fraction of sp³-hybridized carbons (Fsp3) is 0.316. The van der Waals surface area contributed by atoms with E-state index >= 15 is 0 Å². The molecular formula is C19H20N2O8. The fourth-order valence-electron chi connectivity index (χ4n) is 2.99. The number of methoxy groups -OCH3 is 3. The van der Waals surface area contributed by atoms with E-state index in [1.165, 1.54) is 27.4 Å². The van der Waals surface area contributed by atoms with E-state index in [2.05, 4.69) is 5.32 Å². The second-order valence-electron chi connectivity index (χ2n) is 6.52. The van der Waals surface area contributed by atoms with Crippen molar-refractivity contribution in [1.82, 2.24) is 0 Å². The summed E-state index contributed by atoms with van der Waals surface area (Å²) in [6.45, 7) is 3.51. The van der Waals surface area contributed by atoms with Crippen LogP contribution in [0.25, 0.3) is 0 Å². The lowest BCUT2D eigenvalue weighted by Crippen LogP contribution is -2.29. The smallest absolute Gasteiger partial charge is 0.327 e. The van der Waals surface area contributed by atoms with Crippen LogP contribution in [-0.4, -0.2) is 37.9 Å². The molecule has 10 nitrogen and oxygen atoms in total. The minimum atomic E-state index is -0.819. The predicted molar refractivity (Wildman–Crippen MR) is 102 cm³/mol. The van der Waals surface area contributed by atoms with Gasteiger partial charge in [0.25, 0.3) is 5.91 Å². The molecule has 0 aromatic heterocycles. The second kappa shape index (κ2) is 7.38. The Morgan fingerprint density at radius 2 is 1.69 bits per heavy atom. The number of benzene rings is 2. The zero-order valence-electron chi connectivity index (χ0n) is 16.5. The minimum Gasteiger partial charge on any atom is -0.493 e. The van der Waals surface area contributed by atoms with E-state index in [-0.39, 0.29) is 22.8 Å². The van der Waals surface area contributed by atoms with E-state index in [1.807, 2.05) is 0 Å². The van der Waals surface area contributed by atoms with Gasteiger partial charge in [0.05, 0.1) is 26.3 Å². The van der Waals surface area contributed by atoms with Crippen molar-refractivity contribution in [2.24, 2.45) is 0 Å². The number of nitrogens with zero attached hydrogens (tertiary/aromatic N) is 1. The predicted octanol–water partition coefficient (Wildman–Crippen LogP) is 3.38. The van der Waals surface area contributed by atoms with Gasteiger partial charge >= 0.3 is 5.69 Å². The lowest BCUT2D eigenvalue weighted by Gasteiger charge is -2.16. The highest BCUT2D eigenvalue weighted by atomic mass is 16.7. The molecule has 3 rings (SSSR count). The molecule has 0 radical (unpaired) electrons. The number of amides is 1. The average Bonchev–Trinajstić information content (AvgIpc) is 2.98. The summed E-state index contributed by atoms with van der Waals surface area (Å²) in [7, 11) is 3.91. The standard InChI is InChI=1S/C19H20N2O8/c1-19(2)28-12-7-6-10(8-13(12)29-19)20-18(22)11-9-14(25-3)16(26-4)17(27-5)15(11)21(23)24/h6-9H,1-5H3,(H,20,22). The Hall–Kier alpha value is -3.69. The maximum Gasteiger partial charge on any atom is 0.327 e. The maximum absolute atomic E-state index is 12.9. The lowest BCUT2D eigenvalue weighted by atomic mass is 10.1. The molecule has 2 aromatic rings. The molecule has 10 heteroatoms. The largest absolute Gasteiger partial charge is 0.493 e. The van der Waals surface area contributed by atoms with E-state index in [4.69, 9.17) is 23.7 Å². The molecule has 29 heavy (non-hydrogen) atoms. The molecule has 0 spiro atoms. The molecule has 0 saturated heterocycles. The van der Waals surface area contributed by atoms with Gasteiger partial charge in [-0.25, -0.2) is 0 Å². The summed E-state index contributed by atoms with van der Waals surface area (Å²) in [6, 6.07) is 6.05. The van der Waals surface area contributed by atoms with E-state index in [0.717, 1.165) is 0 Å². The van der Waals surface area contributed by atoms with Crippen molar-refractivity contribution >= 4 is 17.3 Å². The van der Waals surface area contributed by atoms with E-state index < -0.39 is 22.3 Å². The molecule has 0 saturated carbocycles. The van der Waals surface area contributed by atoms with Gasteiger partial charge in [-0.05, 0) is 12.1 Å². The summed E-state index contributed by atoms with van der Waals surface area (Å²) in [4.78, 5) is 23.8. The molecule has 1 heterocycles. The highest BCUT2D eigenvalue weighted by Crippen LogP contribution is 2.46. The number of hydrogen-bond acceptors (Lipinski definition) is 8. The van der Waals surface area contributed by atoms with E-state index in [9.17, 15) is 14.9 Å². The van der Waals surface area contributed by atoms with Crippen molar-refractivity contribution in [2.75, 3.05) is 26.6 Å². The number of carbonyl (C=O) groups is 1. The van der Waals surface area contributed by atoms with Crippen LogP contribution < -0.4 is 29.0 Å². The van der Waals surface area contributed by atoms with Crippen molar-refractivity contribution in [2.45, 2.75) is 19.6 Å². The Morgan fingerprint density at radius 1 is 1.03 bits per heavy atom. The third-order valence-corrected chi connectivity index (χ3v) is 4.14. The third kappa shape index (κ3) is 3.68. The van der Waals surface area contributed by atoms with Gasteiger partial charge in [-0.15, -0.1) is 0 Å². The summed E-state index contributed by atoms with van der Waals surface area (Å²) >= 11 is 0. The molecule has 154 valence electrons. The van der Waals surface area contributed by atoms with Gasteiger partial charge in [-0.1, -0.05) is 0 Å². The van der Waals surface area contributed by atoms with Crippen molar-refractivity contribution in [1.29, 1.82) is 0 Å². The highest BCUT2D eigenvalue weighted by Gasteiger charge is 2.34. The van der Waals surface area contributed by atoms with Crippen LogP contribution in [0.5, 0.6) is 28.7 Å². The van der Waals surface area contributed by atoms with Crippen LogP contribution in [0.2, 0.25) is 0 Å². The van der Waals surface area contributed by atoms with Gasteiger partial charge in [-0.2, -0.15) is 0 Å². The normalized spacial score (nSPS) is 13.6. The molecule has 1 aliphatic rings. The van der Waals surface area contributed by atoms with E-state index in [1.54, 1.807) is 32.0 Å². The summed E-state index contributed by atoms with van der Waals surface area (Å²) < 4.78 is 26.7. The van der Waals surface area contributed by atoms with Crippen LogP contribution >= 0.6 is 0 Å². The quantitative estimate of drug-likeness (QED) is 0.575. The average molecular weight is 404 g/mol. The third-order valence-electron chi connectivity index (χ3n) is 4.14. The first-order valence-corrected chi connectivity index (χ1v) is 8.51. The molecular weight excluding hydrogens is 384 g/mol.